The molecular formula is C13H24O2. The summed E-state index contributed by atoms with van der Waals surface area (Å²) in [6.07, 6.45) is 6.61. The first kappa shape index (κ1) is 14.2. The Bertz CT molecular complexity index is 207. The van der Waals surface area contributed by atoms with Crippen LogP contribution in [0.1, 0.15) is 53.4 Å². The number of esters is 1. The maximum atomic E-state index is 11.4. The normalized spacial score (nSPS) is 13.7. The van der Waals surface area contributed by atoms with E-state index >= 15 is 0 Å². The van der Waals surface area contributed by atoms with E-state index in [2.05, 4.69) is 19.9 Å². The molecule has 0 N–H and O–H groups in total. The van der Waals surface area contributed by atoms with Crippen LogP contribution in [0.15, 0.2) is 11.6 Å². The SMILES string of the molecule is CCCC/C(=C\C(C)C(=O)OCC)CC. The second-order valence-electron chi connectivity index (χ2n) is 3.82. The molecule has 1 atom stereocenters. The number of hydrogen-bond acceptors (Lipinski definition) is 2. The van der Waals surface area contributed by atoms with Gasteiger partial charge in [-0.1, -0.05) is 31.9 Å². The molecule has 0 rings (SSSR count). The van der Waals surface area contributed by atoms with Crippen molar-refractivity contribution in [3.05, 3.63) is 11.6 Å². The zero-order chi connectivity index (χ0) is 11.7. The lowest BCUT2D eigenvalue weighted by atomic mass is 10.0. The fourth-order valence-electron chi connectivity index (χ4n) is 1.48. The molecule has 2 heteroatoms. The average molecular weight is 212 g/mol. The lowest BCUT2D eigenvalue weighted by Crippen LogP contribution is -2.13. The van der Waals surface area contributed by atoms with Crippen molar-refractivity contribution in [2.75, 3.05) is 6.61 Å². The summed E-state index contributed by atoms with van der Waals surface area (Å²) in [6, 6.07) is 0. The molecule has 15 heavy (non-hydrogen) atoms. The first-order valence-corrected chi connectivity index (χ1v) is 6.01. The second kappa shape index (κ2) is 8.51. The van der Waals surface area contributed by atoms with Crippen LogP contribution in [-0.2, 0) is 9.53 Å². The molecule has 0 saturated carbocycles. The Morgan fingerprint density at radius 1 is 1.33 bits per heavy atom. The molecule has 0 bridgehead atoms. The van der Waals surface area contributed by atoms with Gasteiger partial charge in [-0.25, -0.2) is 0 Å². The molecule has 0 amide bonds. The van der Waals surface area contributed by atoms with Crippen molar-refractivity contribution in [2.24, 2.45) is 5.92 Å². The number of hydrogen-bond donors (Lipinski definition) is 0. The van der Waals surface area contributed by atoms with Crippen molar-refractivity contribution in [1.29, 1.82) is 0 Å². The summed E-state index contributed by atoms with van der Waals surface area (Å²) in [5.41, 5.74) is 1.37. The van der Waals surface area contributed by atoms with Crippen molar-refractivity contribution >= 4 is 5.97 Å². The Hall–Kier alpha value is -0.790. The Labute approximate surface area is 93.7 Å². The number of carbonyl (C=O) groups is 1. The van der Waals surface area contributed by atoms with E-state index in [-0.39, 0.29) is 11.9 Å². The standard InChI is InChI=1S/C13H24O2/c1-5-8-9-12(6-2)10-11(4)13(14)15-7-3/h10-11H,5-9H2,1-4H3/b12-10-. The van der Waals surface area contributed by atoms with Crippen LogP contribution >= 0.6 is 0 Å². The minimum Gasteiger partial charge on any atom is -0.466 e. The Kier molecular flexibility index (Phi) is 8.06. The second-order valence-corrected chi connectivity index (χ2v) is 3.82. The molecule has 0 radical (unpaired) electrons. The van der Waals surface area contributed by atoms with Crippen molar-refractivity contribution < 1.29 is 9.53 Å². The molecule has 0 aromatic rings. The molecule has 0 aliphatic rings. The number of unbranched alkanes of at least 4 members (excludes halogenated alkanes) is 1. The van der Waals surface area contributed by atoms with Crippen LogP contribution in [0, 0.1) is 5.92 Å². The van der Waals surface area contributed by atoms with Crippen LogP contribution in [0.5, 0.6) is 0 Å². The molecule has 0 spiro atoms. The monoisotopic (exact) mass is 212 g/mol. The highest BCUT2D eigenvalue weighted by molar-refractivity contribution is 5.74. The van der Waals surface area contributed by atoms with Gasteiger partial charge in [-0.2, -0.15) is 0 Å². The first-order valence-electron chi connectivity index (χ1n) is 6.01. The topological polar surface area (TPSA) is 26.3 Å². The predicted octanol–water partition coefficient (Wildman–Crippen LogP) is 3.71. The molecule has 2 nitrogen and oxygen atoms in total. The summed E-state index contributed by atoms with van der Waals surface area (Å²) in [6.45, 7) is 8.53. The molecule has 0 fully saturated rings. The summed E-state index contributed by atoms with van der Waals surface area (Å²) >= 11 is 0. The molecule has 0 aromatic heterocycles. The van der Waals surface area contributed by atoms with Crippen molar-refractivity contribution in [2.45, 2.75) is 53.4 Å². The smallest absolute Gasteiger partial charge is 0.312 e. The zero-order valence-corrected chi connectivity index (χ0v) is 10.5. The molecule has 1 unspecified atom stereocenters. The minimum atomic E-state index is -0.111. The van der Waals surface area contributed by atoms with Crippen molar-refractivity contribution in [1.82, 2.24) is 0 Å². The van der Waals surface area contributed by atoms with E-state index in [1.165, 1.54) is 18.4 Å². The van der Waals surface area contributed by atoms with Gasteiger partial charge in [0.25, 0.3) is 0 Å². The van der Waals surface area contributed by atoms with E-state index < -0.39 is 0 Å². The number of rotatable bonds is 7. The van der Waals surface area contributed by atoms with Gasteiger partial charge < -0.3 is 4.74 Å². The van der Waals surface area contributed by atoms with E-state index in [1.54, 1.807) is 0 Å². The van der Waals surface area contributed by atoms with E-state index in [9.17, 15) is 4.79 Å². The van der Waals surface area contributed by atoms with Crippen LogP contribution in [0.4, 0.5) is 0 Å². The average Bonchev–Trinajstić information content (AvgIpc) is 2.24. The summed E-state index contributed by atoms with van der Waals surface area (Å²) < 4.78 is 4.97. The summed E-state index contributed by atoms with van der Waals surface area (Å²) in [4.78, 5) is 11.4. The van der Waals surface area contributed by atoms with Gasteiger partial charge in [-0.05, 0) is 33.1 Å². The Balaban J connectivity index is 4.20. The molecule has 0 aliphatic carbocycles. The van der Waals surface area contributed by atoms with Gasteiger partial charge in [-0.15, -0.1) is 0 Å². The van der Waals surface area contributed by atoms with Crippen LogP contribution in [0.2, 0.25) is 0 Å². The third-order valence-electron chi connectivity index (χ3n) is 2.45. The first-order chi connectivity index (χ1) is 7.15. The van der Waals surface area contributed by atoms with Crippen LogP contribution in [0.3, 0.4) is 0 Å². The van der Waals surface area contributed by atoms with Gasteiger partial charge in [0.15, 0.2) is 0 Å². The number of ether oxygens (including phenoxy) is 1. The number of allylic oxidation sites excluding steroid dienone is 1. The van der Waals surface area contributed by atoms with Gasteiger partial charge in [0.2, 0.25) is 0 Å². The van der Waals surface area contributed by atoms with E-state index in [0.29, 0.717) is 6.61 Å². The molecule has 0 heterocycles. The quantitative estimate of drug-likeness (QED) is 0.475. The minimum absolute atomic E-state index is 0.100. The van der Waals surface area contributed by atoms with E-state index in [0.717, 1.165) is 12.8 Å². The maximum Gasteiger partial charge on any atom is 0.312 e. The summed E-state index contributed by atoms with van der Waals surface area (Å²) in [7, 11) is 0. The Morgan fingerprint density at radius 3 is 2.47 bits per heavy atom. The molecule has 0 aliphatic heterocycles. The third kappa shape index (κ3) is 6.32. The van der Waals surface area contributed by atoms with Gasteiger partial charge in [0.05, 0.1) is 12.5 Å². The fraction of sp³-hybridized carbons (Fsp3) is 0.769. The third-order valence-corrected chi connectivity index (χ3v) is 2.45. The van der Waals surface area contributed by atoms with Crippen LogP contribution < -0.4 is 0 Å². The van der Waals surface area contributed by atoms with Crippen molar-refractivity contribution in [3.8, 4) is 0 Å². The lowest BCUT2D eigenvalue weighted by molar-refractivity contribution is -0.145. The Morgan fingerprint density at radius 2 is 2.00 bits per heavy atom. The van der Waals surface area contributed by atoms with Gasteiger partial charge in [-0.3, -0.25) is 4.79 Å². The highest BCUT2D eigenvalue weighted by Crippen LogP contribution is 2.15. The zero-order valence-electron chi connectivity index (χ0n) is 10.5. The van der Waals surface area contributed by atoms with Crippen LogP contribution in [0.25, 0.3) is 0 Å². The predicted molar refractivity (Wildman–Crippen MR) is 63.7 cm³/mol. The highest BCUT2D eigenvalue weighted by Gasteiger charge is 2.11. The molecule has 0 saturated heterocycles. The van der Waals surface area contributed by atoms with E-state index in [1.807, 2.05) is 13.8 Å². The van der Waals surface area contributed by atoms with Gasteiger partial charge in [0.1, 0.15) is 0 Å². The maximum absolute atomic E-state index is 11.4. The van der Waals surface area contributed by atoms with Gasteiger partial charge >= 0.3 is 5.97 Å². The number of carbonyl (C=O) groups excluding carboxylic acids is 1. The largest absolute Gasteiger partial charge is 0.466 e. The lowest BCUT2D eigenvalue weighted by Gasteiger charge is -2.09. The van der Waals surface area contributed by atoms with Crippen LogP contribution in [-0.4, -0.2) is 12.6 Å². The van der Waals surface area contributed by atoms with E-state index in [4.69, 9.17) is 4.74 Å². The molecule has 88 valence electrons. The molecule has 0 aromatic carbocycles. The van der Waals surface area contributed by atoms with Gasteiger partial charge in [0, 0.05) is 0 Å². The highest BCUT2D eigenvalue weighted by atomic mass is 16.5. The van der Waals surface area contributed by atoms with Crippen molar-refractivity contribution in [3.63, 3.8) is 0 Å². The molecular weight excluding hydrogens is 188 g/mol. The fourth-order valence-corrected chi connectivity index (χ4v) is 1.48. The summed E-state index contributed by atoms with van der Waals surface area (Å²) in [5.74, 6) is -0.211. The summed E-state index contributed by atoms with van der Waals surface area (Å²) in [5, 5.41) is 0.